The van der Waals surface area contributed by atoms with Crippen LogP contribution in [-0.4, -0.2) is 19.1 Å². The molecular weight excluding hydrogens is 232 g/mol. The molecule has 1 aromatic carbocycles. The van der Waals surface area contributed by atoms with E-state index in [0.717, 1.165) is 18.1 Å². The van der Waals surface area contributed by atoms with Crippen LogP contribution in [0, 0.1) is 0 Å². The second-order valence-corrected chi connectivity index (χ2v) is 5.27. The molecule has 2 nitrogen and oxygen atoms in total. The van der Waals surface area contributed by atoms with Crippen molar-refractivity contribution in [2.45, 2.75) is 38.3 Å². The topological polar surface area (TPSA) is 24.1 Å². The third kappa shape index (κ3) is 3.98. The monoisotopic (exact) mass is 252 g/mol. The minimum atomic E-state index is 0.359. The third-order valence-corrected chi connectivity index (χ3v) is 3.67. The van der Waals surface area contributed by atoms with Gasteiger partial charge in [0.1, 0.15) is 0 Å². The molecule has 1 aliphatic rings. The first-order chi connectivity index (χ1) is 8.25. The second-order valence-electron chi connectivity index (χ2n) is 4.83. The summed E-state index contributed by atoms with van der Waals surface area (Å²) in [6.07, 6.45) is 3.96. The van der Waals surface area contributed by atoms with Gasteiger partial charge in [-0.1, -0.05) is 30.2 Å². The minimum Gasteiger partial charge on any atom is -0.313 e. The van der Waals surface area contributed by atoms with Crippen molar-refractivity contribution in [3.63, 3.8) is 0 Å². The van der Waals surface area contributed by atoms with E-state index >= 15 is 0 Å². The lowest BCUT2D eigenvalue weighted by atomic mass is 10.0. The van der Waals surface area contributed by atoms with E-state index < -0.39 is 0 Å². The van der Waals surface area contributed by atoms with Crippen molar-refractivity contribution in [1.82, 2.24) is 10.6 Å². The van der Waals surface area contributed by atoms with Gasteiger partial charge in [-0.05, 0) is 44.0 Å². The van der Waals surface area contributed by atoms with Gasteiger partial charge in [-0.25, -0.2) is 0 Å². The van der Waals surface area contributed by atoms with Crippen LogP contribution >= 0.6 is 11.6 Å². The van der Waals surface area contributed by atoms with Gasteiger partial charge in [0.05, 0.1) is 0 Å². The minimum absolute atomic E-state index is 0.359. The molecule has 94 valence electrons. The van der Waals surface area contributed by atoms with Crippen molar-refractivity contribution in [1.29, 1.82) is 0 Å². The molecule has 0 aliphatic carbocycles. The zero-order valence-electron chi connectivity index (χ0n) is 10.4. The molecule has 0 amide bonds. The molecule has 1 aliphatic heterocycles. The van der Waals surface area contributed by atoms with Crippen LogP contribution in [0.25, 0.3) is 0 Å². The fourth-order valence-corrected chi connectivity index (χ4v) is 2.51. The van der Waals surface area contributed by atoms with Gasteiger partial charge in [-0.3, -0.25) is 0 Å². The van der Waals surface area contributed by atoms with Gasteiger partial charge in [0.2, 0.25) is 0 Å². The van der Waals surface area contributed by atoms with Crippen molar-refractivity contribution in [2.75, 3.05) is 13.1 Å². The summed E-state index contributed by atoms with van der Waals surface area (Å²) in [7, 11) is 0. The first-order valence-electron chi connectivity index (χ1n) is 6.48. The van der Waals surface area contributed by atoms with Crippen molar-refractivity contribution in [3.05, 3.63) is 34.9 Å². The Morgan fingerprint density at radius 1 is 1.47 bits per heavy atom. The Hall–Kier alpha value is -0.570. The zero-order chi connectivity index (χ0) is 12.1. The Balaban J connectivity index is 1.82. The van der Waals surface area contributed by atoms with Gasteiger partial charge >= 0.3 is 0 Å². The van der Waals surface area contributed by atoms with Crippen LogP contribution in [0.3, 0.4) is 0 Å². The lowest BCUT2D eigenvalue weighted by Gasteiger charge is -2.25. The van der Waals surface area contributed by atoms with Gasteiger partial charge in [0.25, 0.3) is 0 Å². The molecule has 1 saturated heterocycles. The first-order valence-corrected chi connectivity index (χ1v) is 6.86. The summed E-state index contributed by atoms with van der Waals surface area (Å²) in [5.74, 6) is 0. The van der Waals surface area contributed by atoms with Gasteiger partial charge in [0, 0.05) is 23.7 Å². The average molecular weight is 253 g/mol. The maximum Gasteiger partial charge on any atom is 0.0409 e. The lowest BCUT2D eigenvalue weighted by Crippen LogP contribution is -2.42. The highest BCUT2D eigenvalue weighted by Gasteiger charge is 2.13. The molecule has 3 heteroatoms. The van der Waals surface area contributed by atoms with Crippen molar-refractivity contribution in [3.8, 4) is 0 Å². The Morgan fingerprint density at radius 2 is 2.35 bits per heavy atom. The van der Waals surface area contributed by atoms with E-state index in [1.807, 2.05) is 18.2 Å². The third-order valence-electron chi connectivity index (χ3n) is 3.43. The fraction of sp³-hybridized carbons (Fsp3) is 0.571. The molecule has 2 rings (SSSR count). The van der Waals surface area contributed by atoms with E-state index in [1.54, 1.807) is 0 Å². The van der Waals surface area contributed by atoms with Crippen molar-refractivity contribution < 1.29 is 0 Å². The molecule has 1 aromatic rings. The number of halogens is 1. The average Bonchev–Trinajstić information content (AvgIpc) is 2.37. The number of benzene rings is 1. The molecule has 0 radical (unpaired) electrons. The number of hydrogen-bond donors (Lipinski definition) is 2. The molecule has 0 saturated carbocycles. The van der Waals surface area contributed by atoms with E-state index in [4.69, 9.17) is 11.6 Å². The van der Waals surface area contributed by atoms with Crippen LogP contribution in [0.1, 0.15) is 37.8 Å². The maximum absolute atomic E-state index is 6.00. The van der Waals surface area contributed by atoms with Crippen LogP contribution in [0.4, 0.5) is 0 Å². The van der Waals surface area contributed by atoms with E-state index in [2.05, 4.69) is 23.6 Å². The van der Waals surface area contributed by atoms with Crippen LogP contribution in [-0.2, 0) is 0 Å². The Kier molecular flexibility index (Phi) is 4.84. The molecule has 1 heterocycles. The quantitative estimate of drug-likeness (QED) is 0.860. The van der Waals surface area contributed by atoms with Crippen LogP contribution < -0.4 is 10.6 Å². The fourth-order valence-electron chi connectivity index (χ4n) is 2.31. The van der Waals surface area contributed by atoms with E-state index in [1.165, 1.54) is 24.8 Å². The summed E-state index contributed by atoms with van der Waals surface area (Å²) in [5, 5.41) is 7.94. The highest BCUT2D eigenvalue weighted by Crippen LogP contribution is 2.17. The highest BCUT2D eigenvalue weighted by atomic mass is 35.5. The van der Waals surface area contributed by atoms with Gasteiger partial charge in [-0.2, -0.15) is 0 Å². The van der Waals surface area contributed by atoms with Gasteiger partial charge in [0.15, 0.2) is 0 Å². The first kappa shape index (κ1) is 12.9. The summed E-state index contributed by atoms with van der Waals surface area (Å²) in [6, 6.07) is 9.07. The maximum atomic E-state index is 6.00. The molecule has 1 unspecified atom stereocenters. The molecule has 2 N–H and O–H groups in total. The summed E-state index contributed by atoms with van der Waals surface area (Å²) in [5.41, 5.74) is 1.26. The zero-order valence-corrected chi connectivity index (χ0v) is 11.1. The Labute approximate surface area is 109 Å². The molecule has 0 bridgehead atoms. The van der Waals surface area contributed by atoms with Gasteiger partial charge < -0.3 is 10.6 Å². The van der Waals surface area contributed by atoms with Crippen LogP contribution in [0.2, 0.25) is 5.02 Å². The Morgan fingerprint density at radius 3 is 3.06 bits per heavy atom. The second kappa shape index (κ2) is 6.39. The SMILES string of the molecule is C[C@H](NCC1CCCCN1)c1cccc(Cl)c1. The summed E-state index contributed by atoms with van der Waals surface area (Å²) in [4.78, 5) is 0. The molecule has 0 spiro atoms. The van der Waals surface area contributed by atoms with Gasteiger partial charge in [-0.15, -0.1) is 0 Å². The van der Waals surface area contributed by atoms with Crippen LogP contribution in [0.15, 0.2) is 24.3 Å². The molecule has 17 heavy (non-hydrogen) atoms. The van der Waals surface area contributed by atoms with E-state index in [9.17, 15) is 0 Å². The molecule has 1 fully saturated rings. The predicted octanol–water partition coefficient (Wildman–Crippen LogP) is 3.13. The predicted molar refractivity (Wildman–Crippen MR) is 73.5 cm³/mol. The standard InChI is InChI=1S/C14H21ClN2/c1-11(12-5-4-6-13(15)9-12)17-10-14-7-2-3-8-16-14/h4-6,9,11,14,16-17H,2-3,7-8,10H2,1H3/t11-,14?/m0/s1. The highest BCUT2D eigenvalue weighted by molar-refractivity contribution is 6.30. The Bertz CT molecular complexity index is 348. The van der Waals surface area contributed by atoms with E-state index in [0.29, 0.717) is 12.1 Å². The lowest BCUT2D eigenvalue weighted by molar-refractivity contribution is 0.371. The smallest absolute Gasteiger partial charge is 0.0409 e. The van der Waals surface area contributed by atoms with Crippen LogP contribution in [0.5, 0.6) is 0 Å². The largest absolute Gasteiger partial charge is 0.313 e. The number of nitrogens with one attached hydrogen (secondary N) is 2. The summed E-state index contributed by atoms with van der Waals surface area (Å²) < 4.78 is 0. The summed E-state index contributed by atoms with van der Waals surface area (Å²) in [6.45, 7) is 4.39. The normalized spacial score (nSPS) is 22.4. The number of hydrogen-bond acceptors (Lipinski definition) is 2. The molecular formula is C14H21ClN2. The van der Waals surface area contributed by atoms with Crippen molar-refractivity contribution >= 4 is 11.6 Å². The molecule has 0 aromatic heterocycles. The summed E-state index contributed by atoms with van der Waals surface area (Å²) >= 11 is 6.00. The molecule has 2 atom stereocenters. The number of rotatable bonds is 4. The van der Waals surface area contributed by atoms with E-state index in [-0.39, 0.29) is 0 Å². The van der Waals surface area contributed by atoms with Crippen molar-refractivity contribution in [2.24, 2.45) is 0 Å². The number of piperidine rings is 1.